The summed E-state index contributed by atoms with van der Waals surface area (Å²) in [6, 6.07) is 18.7. The van der Waals surface area contributed by atoms with Crippen molar-refractivity contribution >= 4 is 27.5 Å². The minimum atomic E-state index is -4.12. The SMILES string of the molecule is COc1ccc(CN(C(=O)CN(c2cc(C)ccc2C)S(=O)(=O)c2ccc(C)cc2)C(C)C(=O)NC2CCCCC2)cc1. The van der Waals surface area contributed by atoms with Crippen LogP contribution in [0.15, 0.2) is 71.6 Å². The molecular weight excluding hydrogens is 562 g/mol. The molecule has 43 heavy (non-hydrogen) atoms. The van der Waals surface area contributed by atoms with Crippen molar-refractivity contribution in [2.75, 3.05) is 18.0 Å². The normalized spacial score (nSPS) is 14.5. The molecule has 1 N–H and O–H groups in total. The first-order chi connectivity index (χ1) is 20.5. The van der Waals surface area contributed by atoms with Crippen LogP contribution >= 0.6 is 0 Å². The van der Waals surface area contributed by atoms with Crippen LogP contribution in [-0.4, -0.2) is 50.9 Å². The summed E-state index contributed by atoms with van der Waals surface area (Å²) < 4.78 is 34.7. The van der Waals surface area contributed by atoms with Gasteiger partial charge in [-0.25, -0.2) is 8.42 Å². The lowest BCUT2D eigenvalue weighted by atomic mass is 9.95. The molecule has 1 aliphatic rings. The zero-order valence-electron chi connectivity index (χ0n) is 25.8. The average molecular weight is 606 g/mol. The van der Waals surface area contributed by atoms with Gasteiger partial charge in [-0.3, -0.25) is 13.9 Å². The number of hydrogen-bond acceptors (Lipinski definition) is 5. The van der Waals surface area contributed by atoms with Gasteiger partial charge in [0.15, 0.2) is 0 Å². The number of sulfonamides is 1. The molecule has 0 spiro atoms. The van der Waals surface area contributed by atoms with E-state index in [9.17, 15) is 18.0 Å². The van der Waals surface area contributed by atoms with Crippen LogP contribution in [0, 0.1) is 20.8 Å². The highest BCUT2D eigenvalue weighted by molar-refractivity contribution is 7.92. The number of hydrogen-bond donors (Lipinski definition) is 1. The van der Waals surface area contributed by atoms with E-state index in [1.165, 1.54) is 9.21 Å². The van der Waals surface area contributed by atoms with Gasteiger partial charge in [0.05, 0.1) is 17.7 Å². The second-order valence-electron chi connectivity index (χ2n) is 11.5. The first kappa shape index (κ1) is 32.1. The van der Waals surface area contributed by atoms with Crippen molar-refractivity contribution in [3.63, 3.8) is 0 Å². The number of benzene rings is 3. The Bertz CT molecular complexity index is 1510. The van der Waals surface area contributed by atoms with Gasteiger partial charge in [0.2, 0.25) is 11.8 Å². The number of anilines is 1. The predicted octanol–water partition coefficient (Wildman–Crippen LogP) is 5.68. The maximum Gasteiger partial charge on any atom is 0.264 e. The van der Waals surface area contributed by atoms with Crippen LogP contribution in [0.25, 0.3) is 0 Å². The molecule has 1 atom stereocenters. The fraction of sp³-hybridized carbons (Fsp3) is 0.412. The summed E-state index contributed by atoms with van der Waals surface area (Å²) in [7, 11) is -2.54. The number of carbonyl (C=O) groups is 2. The molecule has 1 fully saturated rings. The van der Waals surface area contributed by atoms with Crippen LogP contribution in [0.3, 0.4) is 0 Å². The molecule has 8 nitrogen and oxygen atoms in total. The molecule has 0 bridgehead atoms. The third-order valence-corrected chi connectivity index (χ3v) is 9.93. The van der Waals surface area contributed by atoms with Gasteiger partial charge in [0.25, 0.3) is 10.0 Å². The summed E-state index contributed by atoms with van der Waals surface area (Å²) in [5.41, 5.74) is 3.74. The monoisotopic (exact) mass is 605 g/mol. The number of methoxy groups -OCH3 is 1. The van der Waals surface area contributed by atoms with E-state index in [4.69, 9.17) is 4.74 Å². The van der Waals surface area contributed by atoms with E-state index in [-0.39, 0.29) is 23.4 Å². The summed E-state index contributed by atoms with van der Waals surface area (Å²) in [6.45, 7) is 6.97. The molecule has 0 radical (unpaired) electrons. The second-order valence-corrected chi connectivity index (χ2v) is 13.4. The van der Waals surface area contributed by atoms with Gasteiger partial charge in [-0.05, 0) is 87.6 Å². The number of nitrogens with one attached hydrogen (secondary N) is 1. The van der Waals surface area contributed by atoms with Crippen LogP contribution in [0.5, 0.6) is 5.75 Å². The molecule has 3 aromatic rings. The first-order valence-corrected chi connectivity index (χ1v) is 16.3. The summed E-state index contributed by atoms with van der Waals surface area (Å²) >= 11 is 0. The topological polar surface area (TPSA) is 96.0 Å². The lowest BCUT2D eigenvalue weighted by Crippen LogP contribution is -2.53. The molecule has 4 rings (SSSR count). The second kappa shape index (κ2) is 14.1. The molecular formula is C34H43N3O5S. The van der Waals surface area contributed by atoms with Gasteiger partial charge in [-0.1, -0.05) is 61.2 Å². The Morgan fingerprint density at radius 3 is 2.16 bits per heavy atom. The van der Waals surface area contributed by atoms with E-state index < -0.39 is 28.5 Å². The molecule has 1 unspecified atom stereocenters. The zero-order valence-corrected chi connectivity index (χ0v) is 26.6. The highest BCUT2D eigenvalue weighted by Gasteiger charge is 2.33. The third kappa shape index (κ3) is 7.96. The highest BCUT2D eigenvalue weighted by atomic mass is 32.2. The van der Waals surface area contributed by atoms with Crippen LogP contribution in [0.1, 0.15) is 61.3 Å². The first-order valence-electron chi connectivity index (χ1n) is 14.9. The van der Waals surface area contributed by atoms with Crippen molar-refractivity contribution in [2.45, 2.75) is 83.3 Å². The lowest BCUT2D eigenvalue weighted by molar-refractivity contribution is -0.139. The smallest absolute Gasteiger partial charge is 0.264 e. The zero-order chi connectivity index (χ0) is 31.1. The van der Waals surface area contributed by atoms with Crippen molar-refractivity contribution in [1.29, 1.82) is 0 Å². The molecule has 230 valence electrons. The van der Waals surface area contributed by atoms with Gasteiger partial charge >= 0.3 is 0 Å². The molecule has 1 aliphatic carbocycles. The lowest BCUT2D eigenvalue weighted by Gasteiger charge is -2.33. The number of nitrogens with zero attached hydrogens (tertiary/aromatic N) is 2. The van der Waals surface area contributed by atoms with E-state index in [2.05, 4.69) is 5.32 Å². The summed E-state index contributed by atoms with van der Waals surface area (Å²) in [5, 5.41) is 3.14. The van der Waals surface area contributed by atoms with Crippen molar-refractivity contribution in [3.8, 4) is 5.75 Å². The third-order valence-electron chi connectivity index (χ3n) is 8.15. The summed E-state index contributed by atoms with van der Waals surface area (Å²) in [4.78, 5) is 29.3. The van der Waals surface area contributed by atoms with E-state index in [0.29, 0.717) is 11.4 Å². The molecule has 2 amide bonds. The Hall–Kier alpha value is -3.85. The Labute approximate surface area is 256 Å². The van der Waals surface area contributed by atoms with Crippen molar-refractivity contribution in [1.82, 2.24) is 10.2 Å². The molecule has 0 saturated heterocycles. The van der Waals surface area contributed by atoms with Gasteiger partial charge in [0.1, 0.15) is 18.3 Å². The van der Waals surface area contributed by atoms with E-state index in [1.54, 1.807) is 56.5 Å². The standard InChI is InChI=1S/C34H43N3O5S/c1-24-12-19-31(20-13-24)43(40,41)37(32-21-25(2)11-14-26(32)3)23-33(38)36(22-28-15-17-30(42-5)18-16-28)27(4)34(39)35-29-9-7-6-8-10-29/h11-21,27,29H,6-10,22-23H2,1-5H3,(H,35,39). The Morgan fingerprint density at radius 1 is 0.907 bits per heavy atom. The van der Waals surface area contributed by atoms with Crippen LogP contribution < -0.4 is 14.4 Å². The number of carbonyl (C=O) groups excluding carboxylic acids is 2. The summed E-state index contributed by atoms with van der Waals surface area (Å²) in [6.07, 6.45) is 5.12. The maximum atomic E-state index is 14.2. The fourth-order valence-electron chi connectivity index (χ4n) is 5.42. The van der Waals surface area contributed by atoms with Crippen molar-refractivity contribution in [2.24, 2.45) is 0 Å². The van der Waals surface area contributed by atoms with E-state index in [0.717, 1.165) is 54.4 Å². The van der Waals surface area contributed by atoms with Gasteiger partial charge in [-0.15, -0.1) is 0 Å². The molecule has 9 heteroatoms. The molecule has 0 aromatic heterocycles. The van der Waals surface area contributed by atoms with Crippen LogP contribution in [-0.2, 0) is 26.2 Å². The van der Waals surface area contributed by atoms with Gasteiger partial charge in [0, 0.05) is 12.6 Å². The predicted molar refractivity (Wildman–Crippen MR) is 170 cm³/mol. The average Bonchev–Trinajstić information content (AvgIpc) is 3.00. The molecule has 0 heterocycles. The van der Waals surface area contributed by atoms with E-state index >= 15 is 0 Å². The quantitative estimate of drug-likeness (QED) is 0.303. The maximum absolute atomic E-state index is 14.2. The van der Waals surface area contributed by atoms with Gasteiger partial charge < -0.3 is 15.0 Å². The van der Waals surface area contributed by atoms with Crippen molar-refractivity contribution in [3.05, 3.63) is 89.0 Å². The largest absolute Gasteiger partial charge is 0.497 e. The summed E-state index contributed by atoms with van der Waals surface area (Å²) in [5.74, 6) is -0.0397. The number of aryl methyl sites for hydroxylation is 3. The Kier molecular flexibility index (Phi) is 10.5. The highest BCUT2D eigenvalue weighted by Crippen LogP contribution is 2.29. The Morgan fingerprint density at radius 2 is 1.53 bits per heavy atom. The van der Waals surface area contributed by atoms with Gasteiger partial charge in [-0.2, -0.15) is 0 Å². The molecule has 3 aromatic carbocycles. The van der Waals surface area contributed by atoms with Crippen molar-refractivity contribution < 1.29 is 22.7 Å². The number of rotatable bonds is 11. The minimum Gasteiger partial charge on any atom is -0.497 e. The van der Waals surface area contributed by atoms with Crippen LogP contribution in [0.2, 0.25) is 0 Å². The number of amides is 2. The van der Waals surface area contributed by atoms with E-state index in [1.807, 2.05) is 45.0 Å². The molecule has 0 aliphatic heterocycles. The number of ether oxygens (including phenoxy) is 1. The fourth-order valence-corrected chi connectivity index (χ4v) is 6.89. The Balaban J connectivity index is 1.70. The molecule has 1 saturated carbocycles. The minimum absolute atomic E-state index is 0.0787. The van der Waals surface area contributed by atoms with Crippen LogP contribution in [0.4, 0.5) is 5.69 Å².